The molecule has 0 aliphatic carbocycles. The summed E-state index contributed by atoms with van der Waals surface area (Å²) in [5, 5.41) is 16.9. The first-order chi connectivity index (χ1) is 33.9. The summed E-state index contributed by atoms with van der Waals surface area (Å²) in [7, 11) is -21.8. The molecule has 0 radical (unpaired) electrons. The van der Waals surface area contributed by atoms with Crippen molar-refractivity contribution in [3.05, 3.63) is 76.9 Å². The van der Waals surface area contributed by atoms with Crippen LogP contribution in [0.1, 0.15) is 57.0 Å². The number of phosphoric ester groups is 1. The minimum atomic E-state index is -5.87. The molecule has 6 rings (SSSR count). The fourth-order valence-corrected chi connectivity index (χ4v) is 10.9. The third kappa shape index (κ3) is 15.0. The molecule has 392 valence electrons. The second-order valence-corrected chi connectivity index (χ2v) is 21.5. The van der Waals surface area contributed by atoms with Crippen molar-refractivity contribution in [3.8, 4) is 0 Å². The summed E-state index contributed by atoms with van der Waals surface area (Å²) in [6.45, 7) is 4.51. The first kappa shape index (κ1) is 55.8. The summed E-state index contributed by atoms with van der Waals surface area (Å²) < 4.78 is 100. The highest BCUT2D eigenvalue weighted by Crippen LogP contribution is 2.66. The Morgan fingerprint density at radius 1 is 0.958 bits per heavy atom. The highest BCUT2D eigenvalue weighted by atomic mass is 32.2. The van der Waals surface area contributed by atoms with Gasteiger partial charge in [0.1, 0.15) is 36.2 Å². The Balaban J connectivity index is 0.993. The van der Waals surface area contributed by atoms with Crippen molar-refractivity contribution >= 4 is 91.4 Å². The van der Waals surface area contributed by atoms with Crippen molar-refractivity contribution in [3.63, 3.8) is 0 Å². The molecule has 0 spiro atoms. The SMILES string of the molecule is CCN(CC)c1ccc2cc(/C=C/c3ccc(S(=O)(=O)O)c[n+]3CCCCCC(=O)NCCNC(=O)O[C@@H]3[C@H](O)[C@@H](COP(=O)(O)OP(=O)(O)OP(=O)(O)O)O[C@H]3n3cnc4c(N)ncnc43)c(=O)oc2c1. The van der Waals surface area contributed by atoms with Gasteiger partial charge in [0.2, 0.25) is 11.6 Å². The largest absolute Gasteiger partial charge is 0.490 e. The lowest BCUT2D eigenvalue weighted by molar-refractivity contribution is -0.700. The summed E-state index contributed by atoms with van der Waals surface area (Å²) >= 11 is 0. The van der Waals surface area contributed by atoms with Crippen molar-refractivity contribution in [1.82, 2.24) is 30.2 Å². The van der Waals surface area contributed by atoms with Gasteiger partial charge in [-0.25, -0.2) is 38.2 Å². The van der Waals surface area contributed by atoms with E-state index < -0.39 is 76.5 Å². The van der Waals surface area contributed by atoms with Crippen molar-refractivity contribution in [2.45, 2.75) is 75.5 Å². The van der Waals surface area contributed by atoms with Gasteiger partial charge >= 0.3 is 35.2 Å². The molecule has 1 saturated heterocycles. The van der Waals surface area contributed by atoms with Crippen LogP contribution in [0.2, 0.25) is 0 Å². The molecule has 2 unspecified atom stereocenters. The molecule has 1 aliphatic heterocycles. The van der Waals surface area contributed by atoms with Crippen LogP contribution in [0.15, 0.2) is 69.4 Å². The van der Waals surface area contributed by atoms with E-state index in [-0.39, 0.29) is 59.4 Å². The lowest BCUT2D eigenvalue weighted by atomic mass is 10.1. The molecule has 2 amide bonds. The molecule has 10 N–H and O–H groups in total. The van der Waals surface area contributed by atoms with Gasteiger partial charge < -0.3 is 59.8 Å². The molecule has 1 fully saturated rings. The van der Waals surface area contributed by atoms with E-state index in [1.54, 1.807) is 22.8 Å². The zero-order valence-electron chi connectivity index (χ0n) is 38.1. The number of carbonyl (C=O) groups excluding carboxylic acids is 2. The highest BCUT2D eigenvalue weighted by Gasteiger charge is 2.50. The number of aryl methyl sites for hydroxylation is 1. The monoisotopic (exact) mass is 1090 g/mol. The van der Waals surface area contributed by atoms with Crippen molar-refractivity contribution < 1.29 is 92.5 Å². The number of imidazole rings is 1. The number of aliphatic hydroxyl groups excluding tert-OH is 1. The predicted octanol–water partition coefficient (Wildman–Crippen LogP) is 2.14. The maximum atomic E-state index is 13.0. The number of pyridine rings is 1. The van der Waals surface area contributed by atoms with E-state index in [0.29, 0.717) is 35.9 Å². The van der Waals surface area contributed by atoms with Crippen LogP contribution in [0.25, 0.3) is 34.3 Å². The number of ether oxygens (including phenoxy) is 2. The number of hydrogen-bond acceptors (Lipinski definition) is 20. The third-order valence-electron chi connectivity index (χ3n) is 10.7. The number of anilines is 2. The van der Waals surface area contributed by atoms with E-state index in [0.717, 1.165) is 31.4 Å². The quantitative estimate of drug-likeness (QED) is 0.0140. The molecule has 6 atom stereocenters. The molecule has 4 aromatic heterocycles. The number of benzene rings is 1. The molecule has 72 heavy (non-hydrogen) atoms. The number of rotatable bonds is 24. The summed E-state index contributed by atoms with van der Waals surface area (Å²) in [4.78, 5) is 89.3. The van der Waals surface area contributed by atoms with Gasteiger partial charge in [0.15, 0.2) is 34.9 Å². The Hall–Kier alpha value is -5.55. The Labute approximate surface area is 408 Å². The van der Waals surface area contributed by atoms with Crippen molar-refractivity contribution in [2.75, 3.05) is 43.4 Å². The van der Waals surface area contributed by atoms with Crippen LogP contribution < -0.4 is 31.5 Å². The maximum Gasteiger partial charge on any atom is 0.490 e. The third-order valence-corrected chi connectivity index (χ3v) is 15.3. The minimum absolute atomic E-state index is 0.0336. The number of alkyl carbamates (subject to hydrolysis) is 1. The second-order valence-electron chi connectivity index (χ2n) is 15.7. The molecule has 0 bridgehead atoms. The first-order valence-electron chi connectivity index (χ1n) is 21.6. The predicted molar refractivity (Wildman–Crippen MR) is 251 cm³/mol. The molecule has 1 aromatic carbocycles. The number of amides is 2. The topological polar surface area (TPSA) is 418 Å². The average Bonchev–Trinajstić information content (AvgIpc) is 3.86. The number of fused-ring (bicyclic) bond motifs is 2. The van der Waals surface area contributed by atoms with E-state index >= 15 is 0 Å². The van der Waals surface area contributed by atoms with E-state index in [4.69, 9.17) is 29.4 Å². The summed E-state index contributed by atoms with van der Waals surface area (Å²) in [5.41, 5.74) is 7.52. The van der Waals surface area contributed by atoms with Gasteiger partial charge in [-0.15, -0.1) is 0 Å². The fraction of sp³-hybridized carbons (Fsp3) is 0.410. The standard InChI is InChI=1S/C39H50N9O20P3S/c1-3-46(4-2)27-12-9-24-18-25(38(51)65-29(24)19-27)10-11-26-13-14-28(72(60,61)62)20-47(26)17-7-5-6-8-31(49)41-15-16-42-39(52)66-34-33(50)30(21-63-70(56,57)68-71(58,59)67-69(53,54)55)64-37(34)48-23-45-32-35(40)43-22-44-36(32)48/h9-14,18-20,22-23,30,33-34,37,50H,3-8,15-17,21H2,1-2H3,(H8-,40,41,42,43,44,49,52,53,54,55,56,57,58,59,60,61,62)/p+1/t30-,33-,34-,37-/m1/s1. The Morgan fingerprint density at radius 3 is 2.40 bits per heavy atom. The number of phosphoric acid groups is 3. The van der Waals surface area contributed by atoms with Crippen molar-refractivity contribution in [1.29, 1.82) is 0 Å². The number of nitrogens with two attached hydrogens (primary N) is 1. The van der Waals surface area contributed by atoms with Crippen LogP contribution in [0.5, 0.6) is 0 Å². The number of unbranched alkanes of at least 4 members (excludes halogenated alkanes) is 2. The van der Waals surface area contributed by atoms with Crippen LogP contribution in [0, 0.1) is 0 Å². The summed E-state index contributed by atoms with van der Waals surface area (Å²) in [5.74, 6) is -0.430. The van der Waals surface area contributed by atoms with Crippen LogP contribution in [0.4, 0.5) is 16.3 Å². The normalized spacial score (nSPS) is 19.1. The van der Waals surface area contributed by atoms with E-state index in [1.807, 2.05) is 32.0 Å². The number of aliphatic hydroxyl groups is 1. The molecule has 0 saturated carbocycles. The van der Waals surface area contributed by atoms with Gasteiger partial charge in [-0.2, -0.15) is 21.6 Å². The molecular formula is C39H51N9O20P3S+. The van der Waals surface area contributed by atoms with Crippen molar-refractivity contribution in [2.24, 2.45) is 0 Å². The van der Waals surface area contributed by atoms with E-state index in [9.17, 15) is 55.9 Å². The number of nitrogens with zero attached hydrogens (tertiary/aromatic N) is 6. The Morgan fingerprint density at radius 2 is 1.69 bits per heavy atom. The van der Waals surface area contributed by atoms with E-state index in [2.05, 4.69) is 43.6 Å². The second kappa shape index (κ2) is 23.5. The number of aromatic nitrogens is 5. The number of hydrogen-bond donors (Lipinski definition) is 9. The zero-order valence-corrected chi connectivity index (χ0v) is 41.6. The first-order valence-corrected chi connectivity index (χ1v) is 27.6. The molecule has 33 heteroatoms. The Kier molecular flexibility index (Phi) is 18.2. The minimum Gasteiger partial charge on any atom is -0.439 e. The smallest absolute Gasteiger partial charge is 0.439 e. The van der Waals surface area contributed by atoms with Gasteiger partial charge in [-0.05, 0) is 57.0 Å². The van der Waals surface area contributed by atoms with Crippen LogP contribution in [0.3, 0.4) is 0 Å². The van der Waals surface area contributed by atoms with Gasteiger partial charge in [0, 0.05) is 68.3 Å². The van der Waals surface area contributed by atoms with Gasteiger partial charge in [-0.3, -0.25) is 18.4 Å². The average molecular weight is 1090 g/mol. The Bertz CT molecular complexity index is 3130. The van der Waals surface area contributed by atoms with Gasteiger partial charge in [-0.1, -0.05) is 0 Å². The number of nitrogens with one attached hydrogen (secondary N) is 2. The molecule has 1 aliphatic rings. The molecule has 29 nitrogen and oxygen atoms in total. The summed E-state index contributed by atoms with van der Waals surface area (Å²) in [6.07, 6.45) is 0.302. The number of nitrogen functional groups attached to an aromatic ring is 1. The lowest BCUT2D eigenvalue weighted by Crippen LogP contribution is -2.41. The summed E-state index contributed by atoms with van der Waals surface area (Å²) in [6, 6.07) is 10.0. The lowest BCUT2D eigenvalue weighted by Gasteiger charge is -2.22. The van der Waals surface area contributed by atoms with Crippen LogP contribution >= 0.6 is 23.5 Å². The van der Waals surface area contributed by atoms with Crippen LogP contribution in [-0.2, 0) is 57.8 Å². The number of carbonyl (C=O) groups is 2. The highest BCUT2D eigenvalue weighted by molar-refractivity contribution is 7.85. The fourth-order valence-electron chi connectivity index (χ4n) is 7.32. The molecule has 5 heterocycles. The molecular weight excluding hydrogens is 1040 g/mol. The molecule has 5 aromatic rings. The van der Waals surface area contributed by atoms with Gasteiger partial charge in [0.25, 0.3) is 10.1 Å². The van der Waals surface area contributed by atoms with E-state index in [1.165, 1.54) is 22.9 Å². The maximum absolute atomic E-state index is 13.0. The van der Waals surface area contributed by atoms with Gasteiger partial charge in [0.05, 0.1) is 18.5 Å². The van der Waals surface area contributed by atoms with Crippen LogP contribution in [-0.4, -0.2) is 120 Å². The zero-order chi connectivity index (χ0) is 52.6.